The first-order valence-corrected chi connectivity index (χ1v) is 8.57. The summed E-state index contributed by atoms with van der Waals surface area (Å²) in [6, 6.07) is 13.1. The smallest absolute Gasteiger partial charge is 0.265 e. The van der Waals surface area contributed by atoms with Crippen molar-refractivity contribution in [2.75, 3.05) is 11.9 Å². The summed E-state index contributed by atoms with van der Waals surface area (Å²) in [5.74, 6) is -0.469. The van der Waals surface area contributed by atoms with Gasteiger partial charge in [0.15, 0.2) is 12.3 Å². The van der Waals surface area contributed by atoms with Gasteiger partial charge in [-0.15, -0.1) is 5.10 Å². The Morgan fingerprint density at radius 2 is 2.07 bits per heavy atom. The number of anilines is 1. The number of nitrogens with zero attached hydrogens (tertiary/aromatic N) is 5. The lowest BCUT2D eigenvalue weighted by Crippen LogP contribution is -2.18. The number of halogens is 2. The number of hydrogen-bond acceptors (Lipinski definition) is 6. The zero-order chi connectivity index (χ0) is 19.2. The Morgan fingerprint density at radius 1 is 1.30 bits per heavy atom. The predicted molar refractivity (Wildman–Crippen MR) is 99.6 cm³/mol. The van der Waals surface area contributed by atoms with Crippen molar-refractivity contribution >= 4 is 33.2 Å². The number of aromatic nitrogens is 4. The summed E-state index contributed by atoms with van der Waals surface area (Å²) in [7, 11) is 1.67. The van der Waals surface area contributed by atoms with Gasteiger partial charge >= 0.3 is 0 Å². The van der Waals surface area contributed by atoms with E-state index in [2.05, 4.69) is 41.9 Å². The van der Waals surface area contributed by atoms with E-state index in [-0.39, 0.29) is 6.61 Å². The summed E-state index contributed by atoms with van der Waals surface area (Å²) in [4.78, 5) is 17.3. The highest BCUT2D eigenvalue weighted by molar-refractivity contribution is 9.10. The summed E-state index contributed by atoms with van der Waals surface area (Å²) in [6.45, 7) is -0.342. The highest BCUT2D eigenvalue weighted by atomic mass is 79.9. The fourth-order valence-corrected chi connectivity index (χ4v) is 2.63. The molecule has 27 heavy (non-hydrogen) atoms. The first kappa shape index (κ1) is 18.6. The van der Waals surface area contributed by atoms with E-state index in [0.717, 1.165) is 5.56 Å². The number of amides is 1. The standard InChI is InChI=1S/C17H14BrFN6O2/c1-25-17(21-23-24-25)16(11-5-3-2-4-6-11)22-27-10-15(26)20-14-8-7-12(19)9-13(14)18/h2-9H,10H2,1H3,(H,20,26)/b22-16-. The van der Waals surface area contributed by atoms with Gasteiger partial charge in [0.2, 0.25) is 5.82 Å². The molecule has 0 atom stereocenters. The Bertz CT molecular complexity index is 977. The van der Waals surface area contributed by atoms with E-state index in [4.69, 9.17) is 4.84 Å². The number of oxime groups is 1. The van der Waals surface area contributed by atoms with Crippen LogP contribution in [0.1, 0.15) is 11.4 Å². The molecule has 0 saturated heterocycles. The number of nitrogens with one attached hydrogen (secondary N) is 1. The van der Waals surface area contributed by atoms with Crippen molar-refractivity contribution in [2.45, 2.75) is 0 Å². The number of aryl methyl sites for hydroxylation is 1. The maximum atomic E-state index is 13.1. The molecule has 0 aliphatic heterocycles. The molecule has 1 N–H and O–H groups in total. The molecule has 0 unspecified atom stereocenters. The van der Waals surface area contributed by atoms with Crippen molar-refractivity contribution in [2.24, 2.45) is 12.2 Å². The van der Waals surface area contributed by atoms with Crippen molar-refractivity contribution < 1.29 is 14.0 Å². The maximum Gasteiger partial charge on any atom is 0.265 e. The Labute approximate surface area is 162 Å². The van der Waals surface area contributed by atoms with Gasteiger partial charge in [-0.1, -0.05) is 35.5 Å². The molecule has 0 saturated carbocycles. The molecule has 0 aliphatic rings. The van der Waals surface area contributed by atoms with E-state index in [1.807, 2.05) is 30.3 Å². The van der Waals surface area contributed by atoms with Crippen LogP contribution in [0.25, 0.3) is 0 Å². The minimum Gasteiger partial charge on any atom is -0.385 e. The number of rotatable bonds is 6. The molecule has 1 amide bonds. The van der Waals surface area contributed by atoms with Crippen molar-refractivity contribution in [3.63, 3.8) is 0 Å². The summed E-state index contributed by atoms with van der Waals surface area (Å²) in [5.41, 5.74) is 1.55. The fraction of sp³-hybridized carbons (Fsp3) is 0.118. The van der Waals surface area contributed by atoms with E-state index in [1.54, 1.807) is 7.05 Å². The first-order chi connectivity index (χ1) is 13.0. The van der Waals surface area contributed by atoms with E-state index in [9.17, 15) is 9.18 Å². The Hall–Kier alpha value is -3.14. The van der Waals surface area contributed by atoms with Gasteiger partial charge in [0.25, 0.3) is 5.91 Å². The van der Waals surface area contributed by atoms with Crippen LogP contribution in [0.4, 0.5) is 10.1 Å². The molecule has 3 aromatic rings. The molecule has 1 aromatic heterocycles. The van der Waals surface area contributed by atoms with Gasteiger partial charge in [0, 0.05) is 17.1 Å². The Morgan fingerprint density at radius 3 is 2.74 bits per heavy atom. The minimum atomic E-state index is -0.449. The topological polar surface area (TPSA) is 94.3 Å². The summed E-state index contributed by atoms with van der Waals surface area (Å²) < 4.78 is 15.0. The SMILES string of the molecule is Cn1nnnc1/C(=N\OCC(=O)Nc1ccc(F)cc1Br)c1ccccc1. The number of carbonyl (C=O) groups excluding carboxylic acids is 1. The minimum absolute atomic E-state index is 0.342. The van der Waals surface area contributed by atoms with Gasteiger partial charge in [0.1, 0.15) is 5.82 Å². The normalized spacial score (nSPS) is 11.3. The summed E-state index contributed by atoms with van der Waals surface area (Å²) >= 11 is 3.18. The maximum absolute atomic E-state index is 13.1. The fourth-order valence-electron chi connectivity index (χ4n) is 2.18. The average Bonchev–Trinajstić information content (AvgIpc) is 3.07. The van der Waals surface area contributed by atoms with Crippen LogP contribution in [-0.4, -0.2) is 38.4 Å². The van der Waals surface area contributed by atoms with Gasteiger partial charge in [0.05, 0.1) is 5.69 Å². The van der Waals surface area contributed by atoms with Crippen molar-refractivity contribution in [1.82, 2.24) is 20.2 Å². The molecular weight excluding hydrogens is 419 g/mol. The third kappa shape index (κ3) is 4.73. The van der Waals surface area contributed by atoms with Crippen LogP contribution in [0.15, 0.2) is 58.2 Å². The number of benzene rings is 2. The van der Waals surface area contributed by atoms with E-state index >= 15 is 0 Å². The van der Waals surface area contributed by atoms with Gasteiger partial charge < -0.3 is 10.2 Å². The monoisotopic (exact) mass is 432 g/mol. The number of hydrogen-bond donors (Lipinski definition) is 1. The van der Waals surface area contributed by atoms with E-state index in [1.165, 1.54) is 22.9 Å². The van der Waals surface area contributed by atoms with E-state index in [0.29, 0.717) is 21.7 Å². The number of tetrazole rings is 1. The molecule has 10 heteroatoms. The third-order valence-electron chi connectivity index (χ3n) is 3.44. The van der Waals surface area contributed by atoms with Crippen LogP contribution in [0.2, 0.25) is 0 Å². The zero-order valence-corrected chi connectivity index (χ0v) is 15.7. The van der Waals surface area contributed by atoms with Crippen LogP contribution in [0, 0.1) is 5.82 Å². The summed E-state index contributed by atoms with van der Waals surface area (Å²) in [5, 5.41) is 17.9. The molecule has 1 heterocycles. The zero-order valence-electron chi connectivity index (χ0n) is 14.1. The van der Waals surface area contributed by atoms with Crippen LogP contribution in [0.3, 0.4) is 0 Å². The van der Waals surface area contributed by atoms with Crippen molar-refractivity contribution in [1.29, 1.82) is 0 Å². The highest BCUT2D eigenvalue weighted by Crippen LogP contribution is 2.22. The molecule has 8 nitrogen and oxygen atoms in total. The van der Waals surface area contributed by atoms with Crippen molar-refractivity contribution in [3.8, 4) is 0 Å². The van der Waals surface area contributed by atoms with Gasteiger partial charge in [-0.2, -0.15) is 0 Å². The lowest BCUT2D eigenvalue weighted by Gasteiger charge is -2.08. The Balaban J connectivity index is 1.71. The molecule has 3 rings (SSSR count). The largest absolute Gasteiger partial charge is 0.385 e. The summed E-state index contributed by atoms with van der Waals surface area (Å²) in [6.07, 6.45) is 0. The first-order valence-electron chi connectivity index (χ1n) is 7.77. The molecule has 0 spiro atoms. The molecular formula is C17H14BrFN6O2. The van der Waals surface area contributed by atoms with Crippen LogP contribution < -0.4 is 5.32 Å². The molecule has 0 aliphatic carbocycles. The van der Waals surface area contributed by atoms with Crippen LogP contribution in [-0.2, 0) is 16.7 Å². The molecule has 0 radical (unpaired) electrons. The molecule has 0 fully saturated rings. The molecule has 0 bridgehead atoms. The third-order valence-corrected chi connectivity index (χ3v) is 4.09. The number of carbonyl (C=O) groups is 1. The predicted octanol–water partition coefficient (Wildman–Crippen LogP) is 2.52. The second-order valence-corrected chi connectivity index (χ2v) is 6.23. The van der Waals surface area contributed by atoms with Gasteiger partial charge in [-0.3, -0.25) is 4.79 Å². The van der Waals surface area contributed by atoms with Gasteiger partial charge in [-0.05, 0) is 44.6 Å². The average molecular weight is 433 g/mol. The Kier molecular flexibility index (Phi) is 5.87. The quantitative estimate of drug-likeness (QED) is 0.476. The van der Waals surface area contributed by atoms with E-state index < -0.39 is 11.7 Å². The molecule has 2 aromatic carbocycles. The lowest BCUT2D eigenvalue weighted by atomic mass is 10.1. The second kappa shape index (κ2) is 8.49. The van der Waals surface area contributed by atoms with Crippen molar-refractivity contribution in [3.05, 3.63) is 70.2 Å². The van der Waals surface area contributed by atoms with Crippen LogP contribution >= 0.6 is 15.9 Å². The highest BCUT2D eigenvalue weighted by Gasteiger charge is 2.15. The lowest BCUT2D eigenvalue weighted by molar-refractivity contribution is -0.120. The van der Waals surface area contributed by atoms with Gasteiger partial charge in [-0.25, -0.2) is 9.07 Å². The second-order valence-electron chi connectivity index (χ2n) is 5.38. The van der Waals surface area contributed by atoms with Crippen LogP contribution in [0.5, 0.6) is 0 Å². The molecule has 138 valence electrons.